The maximum atomic E-state index is 6.04. The fraction of sp³-hybridized carbons (Fsp3) is 0.636. The predicted molar refractivity (Wildman–Crippen MR) is 56.2 cm³/mol. The van der Waals surface area contributed by atoms with E-state index in [-0.39, 0.29) is 6.04 Å². The average molecular weight is 194 g/mol. The molecule has 0 saturated heterocycles. The van der Waals surface area contributed by atoms with Crippen molar-refractivity contribution in [1.29, 1.82) is 0 Å². The van der Waals surface area contributed by atoms with Crippen molar-refractivity contribution >= 4 is 0 Å². The molecule has 1 aliphatic rings. The Morgan fingerprint density at radius 3 is 3.29 bits per heavy atom. The smallest absolute Gasteiger partial charge is 0.0641 e. The molecule has 0 fully saturated rings. The zero-order valence-corrected chi connectivity index (χ0v) is 8.70. The third-order valence-corrected chi connectivity index (χ3v) is 2.98. The summed E-state index contributed by atoms with van der Waals surface area (Å²) >= 11 is 0. The molecule has 0 spiro atoms. The minimum Gasteiger partial charge on any atom is -0.383 e. The number of nitrogens with zero attached hydrogens (tertiary/aromatic N) is 1. The number of ether oxygens (including phenoxy) is 1. The highest BCUT2D eigenvalue weighted by molar-refractivity contribution is 5.28. The Labute approximate surface area is 84.9 Å². The zero-order valence-electron chi connectivity index (χ0n) is 8.70. The second-order valence-corrected chi connectivity index (χ2v) is 3.90. The van der Waals surface area contributed by atoms with Gasteiger partial charge in [-0.25, -0.2) is 0 Å². The average Bonchev–Trinajstić information content (AvgIpc) is 2.60. The van der Waals surface area contributed by atoms with Gasteiger partial charge in [-0.15, -0.1) is 0 Å². The Bertz CT molecular complexity index is 306. The quantitative estimate of drug-likeness (QED) is 0.791. The van der Waals surface area contributed by atoms with Gasteiger partial charge in [-0.1, -0.05) is 0 Å². The summed E-state index contributed by atoms with van der Waals surface area (Å²) in [5.41, 5.74) is 8.80. The van der Waals surface area contributed by atoms with Gasteiger partial charge in [0.05, 0.1) is 6.61 Å². The molecule has 1 unspecified atom stereocenters. The van der Waals surface area contributed by atoms with Crippen molar-refractivity contribution in [3.63, 3.8) is 0 Å². The molecule has 0 saturated carbocycles. The molecule has 0 radical (unpaired) electrons. The summed E-state index contributed by atoms with van der Waals surface area (Å²) in [6, 6.07) is 2.41. The Morgan fingerprint density at radius 2 is 2.50 bits per heavy atom. The van der Waals surface area contributed by atoms with Crippen molar-refractivity contribution in [2.45, 2.75) is 31.8 Å². The number of hydrogen-bond acceptors (Lipinski definition) is 2. The maximum Gasteiger partial charge on any atom is 0.0641 e. The molecule has 1 aromatic rings. The first-order valence-electron chi connectivity index (χ1n) is 5.25. The van der Waals surface area contributed by atoms with Crippen LogP contribution >= 0.6 is 0 Å². The SMILES string of the molecule is COCCn1ccc2c1CCCC2N. The van der Waals surface area contributed by atoms with Crippen LogP contribution in [0.15, 0.2) is 12.3 Å². The van der Waals surface area contributed by atoms with Crippen LogP contribution in [0.2, 0.25) is 0 Å². The van der Waals surface area contributed by atoms with Gasteiger partial charge in [0.2, 0.25) is 0 Å². The van der Waals surface area contributed by atoms with Crippen molar-refractivity contribution in [2.75, 3.05) is 13.7 Å². The lowest BCUT2D eigenvalue weighted by Crippen LogP contribution is -2.18. The van der Waals surface area contributed by atoms with E-state index in [1.807, 2.05) is 0 Å². The van der Waals surface area contributed by atoms with Gasteiger partial charge in [-0.3, -0.25) is 0 Å². The number of fused-ring (bicyclic) bond motifs is 1. The molecule has 3 nitrogen and oxygen atoms in total. The van der Waals surface area contributed by atoms with E-state index in [2.05, 4.69) is 16.8 Å². The van der Waals surface area contributed by atoms with Gasteiger partial charge in [-0.05, 0) is 30.9 Å². The summed E-state index contributed by atoms with van der Waals surface area (Å²) in [6.07, 6.45) is 5.64. The van der Waals surface area contributed by atoms with Crippen LogP contribution in [0.3, 0.4) is 0 Å². The van der Waals surface area contributed by atoms with Crippen molar-refractivity contribution in [1.82, 2.24) is 4.57 Å². The third kappa shape index (κ3) is 1.70. The molecular weight excluding hydrogens is 176 g/mol. The second kappa shape index (κ2) is 4.15. The molecule has 1 atom stereocenters. The largest absolute Gasteiger partial charge is 0.383 e. The summed E-state index contributed by atoms with van der Waals surface area (Å²) in [4.78, 5) is 0. The number of aromatic nitrogens is 1. The molecule has 1 aliphatic carbocycles. The molecule has 3 heteroatoms. The van der Waals surface area contributed by atoms with Crippen LogP contribution in [0.4, 0.5) is 0 Å². The fourth-order valence-corrected chi connectivity index (χ4v) is 2.19. The molecule has 2 N–H and O–H groups in total. The number of rotatable bonds is 3. The van der Waals surface area contributed by atoms with Crippen LogP contribution in [0.25, 0.3) is 0 Å². The van der Waals surface area contributed by atoms with Gasteiger partial charge >= 0.3 is 0 Å². The summed E-state index contributed by atoms with van der Waals surface area (Å²) in [6.45, 7) is 1.72. The van der Waals surface area contributed by atoms with Crippen LogP contribution in [0.1, 0.15) is 30.1 Å². The number of methoxy groups -OCH3 is 1. The van der Waals surface area contributed by atoms with E-state index in [0.717, 1.165) is 19.6 Å². The van der Waals surface area contributed by atoms with Crippen LogP contribution in [0.5, 0.6) is 0 Å². The fourth-order valence-electron chi connectivity index (χ4n) is 2.19. The predicted octanol–water partition coefficient (Wildman–Crippen LogP) is 1.47. The van der Waals surface area contributed by atoms with Crippen molar-refractivity contribution < 1.29 is 4.74 Å². The summed E-state index contributed by atoms with van der Waals surface area (Å²) in [7, 11) is 1.74. The lowest BCUT2D eigenvalue weighted by molar-refractivity contribution is 0.186. The van der Waals surface area contributed by atoms with E-state index in [4.69, 9.17) is 10.5 Å². The van der Waals surface area contributed by atoms with Gasteiger partial charge in [0, 0.05) is 31.6 Å². The van der Waals surface area contributed by atoms with Crippen LogP contribution in [-0.4, -0.2) is 18.3 Å². The molecule has 0 aromatic carbocycles. The molecule has 0 aliphatic heterocycles. The van der Waals surface area contributed by atoms with Crippen LogP contribution in [0, 0.1) is 0 Å². The van der Waals surface area contributed by atoms with E-state index in [0.29, 0.717) is 0 Å². The van der Waals surface area contributed by atoms with E-state index in [9.17, 15) is 0 Å². The molecule has 2 rings (SSSR count). The van der Waals surface area contributed by atoms with Crippen molar-refractivity contribution in [3.05, 3.63) is 23.5 Å². The van der Waals surface area contributed by atoms with Crippen molar-refractivity contribution in [2.24, 2.45) is 5.73 Å². The Balaban J connectivity index is 2.18. The van der Waals surface area contributed by atoms with Crippen LogP contribution in [-0.2, 0) is 17.7 Å². The summed E-state index contributed by atoms with van der Waals surface area (Å²) in [5.74, 6) is 0. The topological polar surface area (TPSA) is 40.2 Å². The van der Waals surface area contributed by atoms with Gasteiger partial charge < -0.3 is 15.0 Å². The van der Waals surface area contributed by atoms with Crippen molar-refractivity contribution in [3.8, 4) is 0 Å². The first-order valence-corrected chi connectivity index (χ1v) is 5.25. The van der Waals surface area contributed by atoms with Gasteiger partial charge in [-0.2, -0.15) is 0 Å². The van der Waals surface area contributed by atoms with E-state index >= 15 is 0 Å². The minimum atomic E-state index is 0.252. The second-order valence-electron chi connectivity index (χ2n) is 3.90. The summed E-state index contributed by atoms with van der Waals surface area (Å²) in [5, 5.41) is 0. The molecule has 0 amide bonds. The standard InChI is InChI=1S/C11H18N2O/c1-14-8-7-13-6-5-9-10(12)3-2-4-11(9)13/h5-6,10H,2-4,7-8,12H2,1H3. The highest BCUT2D eigenvalue weighted by Gasteiger charge is 2.19. The first-order chi connectivity index (χ1) is 6.83. The first kappa shape index (κ1) is 9.74. The Hall–Kier alpha value is -0.800. The molecule has 1 aromatic heterocycles. The van der Waals surface area contributed by atoms with E-state index < -0.39 is 0 Å². The molecule has 14 heavy (non-hydrogen) atoms. The van der Waals surface area contributed by atoms with E-state index in [1.54, 1.807) is 7.11 Å². The number of nitrogens with two attached hydrogens (primary N) is 1. The van der Waals surface area contributed by atoms with Gasteiger partial charge in [0.25, 0.3) is 0 Å². The Kier molecular flexibility index (Phi) is 2.89. The molecular formula is C11H18N2O. The lowest BCUT2D eigenvalue weighted by atomic mass is 9.94. The Morgan fingerprint density at radius 1 is 1.64 bits per heavy atom. The third-order valence-electron chi connectivity index (χ3n) is 2.98. The highest BCUT2D eigenvalue weighted by Crippen LogP contribution is 2.28. The van der Waals surface area contributed by atoms with Gasteiger partial charge in [0.1, 0.15) is 0 Å². The van der Waals surface area contributed by atoms with Crippen LogP contribution < -0.4 is 5.73 Å². The monoisotopic (exact) mass is 194 g/mol. The van der Waals surface area contributed by atoms with E-state index in [1.165, 1.54) is 24.1 Å². The maximum absolute atomic E-state index is 6.04. The highest BCUT2D eigenvalue weighted by atomic mass is 16.5. The lowest BCUT2D eigenvalue weighted by Gasteiger charge is -2.20. The number of hydrogen-bond donors (Lipinski definition) is 1. The molecule has 1 heterocycles. The minimum absolute atomic E-state index is 0.252. The normalized spacial score (nSPS) is 20.9. The summed E-state index contributed by atoms with van der Waals surface area (Å²) < 4.78 is 7.36. The zero-order chi connectivity index (χ0) is 9.97. The molecule has 0 bridgehead atoms. The molecule has 78 valence electrons. The van der Waals surface area contributed by atoms with Gasteiger partial charge in [0.15, 0.2) is 0 Å².